The topological polar surface area (TPSA) is 84.3 Å². The molecule has 0 radical (unpaired) electrons. The van der Waals surface area contributed by atoms with E-state index in [4.69, 9.17) is 5.11 Å². The van der Waals surface area contributed by atoms with Gasteiger partial charge in [0.1, 0.15) is 10.9 Å². The van der Waals surface area contributed by atoms with E-state index in [1.165, 1.54) is 17.7 Å². The highest BCUT2D eigenvalue weighted by atomic mass is 32.1. The van der Waals surface area contributed by atoms with Crippen molar-refractivity contribution < 1.29 is 14.3 Å². The number of aromatic carboxylic acids is 1. The van der Waals surface area contributed by atoms with Gasteiger partial charge in [0.05, 0.1) is 0 Å². The van der Waals surface area contributed by atoms with E-state index in [-0.39, 0.29) is 5.56 Å². The number of carboxylic acid groups (broad SMARTS) is 1. The maximum atomic E-state index is 12.2. The molecular weight excluding hydrogens is 264 g/mol. The van der Waals surface area contributed by atoms with Crippen LogP contribution in [-0.2, 0) is 0 Å². The Morgan fingerprint density at radius 2 is 2.00 bits per heavy atom. The Kier molecular flexibility index (Phi) is 2.64. The third kappa shape index (κ3) is 1.82. The highest BCUT2D eigenvalue weighted by molar-refractivity contribution is 7.09. The summed E-state index contributed by atoms with van der Waals surface area (Å²) in [7, 11) is 0. The molecule has 0 aliphatic heterocycles. The van der Waals surface area contributed by atoms with E-state index in [0.29, 0.717) is 15.9 Å². The third-order valence-corrected chi connectivity index (χ3v) is 3.68. The monoisotopic (exact) mass is 273 g/mol. The molecule has 6 heteroatoms. The molecule has 2 aromatic heterocycles. The average molecular weight is 273 g/mol. The second-order valence-corrected chi connectivity index (χ2v) is 4.80. The van der Waals surface area contributed by atoms with E-state index in [0.717, 1.165) is 5.56 Å². The van der Waals surface area contributed by atoms with Crippen LogP contribution >= 0.6 is 11.5 Å². The van der Waals surface area contributed by atoms with Crippen molar-refractivity contribution in [1.29, 1.82) is 0 Å². The maximum Gasteiger partial charge on any atom is 0.341 e. The van der Waals surface area contributed by atoms with Crippen molar-refractivity contribution in [1.82, 2.24) is 4.98 Å². The first-order valence-electron chi connectivity index (χ1n) is 5.53. The Labute approximate surface area is 111 Å². The quantitative estimate of drug-likeness (QED) is 0.746. The molecule has 1 aromatic carbocycles. The number of H-pyrrole nitrogens is 2. The molecule has 94 valence electrons. The SMILES string of the molecule is O=C(O)c1c[nH]c2s[nH+]c(-c3ccccc3)c2c1=O. The lowest BCUT2D eigenvalue weighted by Crippen LogP contribution is -2.15. The Hall–Kier alpha value is -2.47. The van der Waals surface area contributed by atoms with Gasteiger partial charge in [0.15, 0.2) is 16.4 Å². The fraction of sp³-hybridized carbons (Fsp3) is 0. The number of carboxylic acids is 1. The van der Waals surface area contributed by atoms with Crippen LogP contribution in [0.5, 0.6) is 0 Å². The summed E-state index contributed by atoms with van der Waals surface area (Å²) in [5.41, 5.74) is 0.765. The molecule has 2 heterocycles. The minimum Gasteiger partial charge on any atom is -0.477 e. The summed E-state index contributed by atoms with van der Waals surface area (Å²) >= 11 is 1.27. The van der Waals surface area contributed by atoms with Gasteiger partial charge in [-0.05, 0) is 12.1 Å². The molecule has 19 heavy (non-hydrogen) atoms. The molecule has 3 aromatic rings. The van der Waals surface area contributed by atoms with Crippen LogP contribution < -0.4 is 9.80 Å². The smallest absolute Gasteiger partial charge is 0.341 e. The first-order chi connectivity index (χ1) is 9.18. The third-order valence-electron chi connectivity index (χ3n) is 2.84. The lowest BCUT2D eigenvalue weighted by Gasteiger charge is -1.94. The van der Waals surface area contributed by atoms with Gasteiger partial charge in [0.2, 0.25) is 11.1 Å². The van der Waals surface area contributed by atoms with Crippen molar-refractivity contribution >= 4 is 27.7 Å². The normalized spacial score (nSPS) is 10.7. The zero-order chi connectivity index (χ0) is 13.4. The molecule has 0 saturated carbocycles. The molecule has 0 atom stereocenters. The van der Waals surface area contributed by atoms with Crippen molar-refractivity contribution in [3.8, 4) is 11.3 Å². The van der Waals surface area contributed by atoms with E-state index in [2.05, 4.69) is 9.36 Å². The van der Waals surface area contributed by atoms with Crippen LogP contribution in [-0.4, -0.2) is 16.1 Å². The first kappa shape index (κ1) is 11.6. The standard InChI is InChI=1S/C13H8N2O3S/c16-11-8(13(17)18)6-14-12-9(11)10(15-19-12)7-4-2-1-3-5-7/h1-6H,(H,14,16)(H,17,18)/p+1. The van der Waals surface area contributed by atoms with Crippen LogP contribution in [0.1, 0.15) is 10.4 Å². The van der Waals surface area contributed by atoms with Gasteiger partial charge in [-0.1, -0.05) is 18.2 Å². The molecule has 0 spiro atoms. The molecule has 3 rings (SSSR count). The van der Waals surface area contributed by atoms with E-state index in [9.17, 15) is 9.59 Å². The van der Waals surface area contributed by atoms with Crippen molar-refractivity contribution in [3.63, 3.8) is 0 Å². The molecule has 0 saturated heterocycles. The number of pyridine rings is 1. The van der Waals surface area contributed by atoms with E-state index >= 15 is 0 Å². The summed E-state index contributed by atoms with van der Waals surface area (Å²) in [4.78, 5) is 26.7. The number of rotatable bonds is 2. The molecule has 0 aliphatic rings. The van der Waals surface area contributed by atoms with Crippen LogP contribution in [0.4, 0.5) is 0 Å². The summed E-state index contributed by atoms with van der Waals surface area (Å²) in [6.07, 6.45) is 1.23. The minimum absolute atomic E-state index is 0.253. The van der Waals surface area contributed by atoms with E-state index < -0.39 is 11.4 Å². The zero-order valence-corrected chi connectivity index (χ0v) is 10.5. The van der Waals surface area contributed by atoms with Gasteiger partial charge in [-0.25, -0.2) is 4.79 Å². The number of aromatic amines is 2. The summed E-state index contributed by atoms with van der Waals surface area (Å²) in [5, 5.41) is 9.38. The molecule has 3 N–H and O–H groups in total. The van der Waals surface area contributed by atoms with E-state index in [1.54, 1.807) is 0 Å². The fourth-order valence-corrected chi connectivity index (χ4v) is 2.78. The van der Waals surface area contributed by atoms with Gasteiger partial charge in [-0.15, -0.1) is 4.37 Å². The average Bonchev–Trinajstić information content (AvgIpc) is 2.84. The van der Waals surface area contributed by atoms with Crippen LogP contribution in [0, 0.1) is 0 Å². The molecule has 0 amide bonds. The predicted molar refractivity (Wildman–Crippen MR) is 71.4 cm³/mol. The molecule has 5 nitrogen and oxygen atoms in total. The second kappa shape index (κ2) is 4.33. The van der Waals surface area contributed by atoms with Gasteiger partial charge in [0, 0.05) is 11.8 Å². The summed E-state index contributed by atoms with van der Waals surface area (Å²) in [6, 6.07) is 9.34. The van der Waals surface area contributed by atoms with Crippen molar-refractivity contribution in [3.05, 3.63) is 52.3 Å². The minimum atomic E-state index is -1.23. The van der Waals surface area contributed by atoms with Gasteiger partial charge in [-0.2, -0.15) is 0 Å². The van der Waals surface area contributed by atoms with Crippen LogP contribution in [0.25, 0.3) is 21.5 Å². The summed E-state index contributed by atoms with van der Waals surface area (Å²) < 4.78 is 3.05. The lowest BCUT2D eigenvalue weighted by molar-refractivity contribution is -0.274. The largest absolute Gasteiger partial charge is 0.477 e. The number of benzene rings is 1. The van der Waals surface area contributed by atoms with Crippen molar-refractivity contribution in [2.45, 2.75) is 0 Å². The molecule has 0 fully saturated rings. The number of aromatic nitrogens is 2. The first-order valence-corrected chi connectivity index (χ1v) is 6.34. The Balaban J connectivity index is 2.37. The molecular formula is C13H9N2O3S+. The maximum absolute atomic E-state index is 12.2. The highest BCUT2D eigenvalue weighted by Gasteiger charge is 2.22. The molecule has 0 unspecified atom stereocenters. The van der Waals surface area contributed by atoms with Crippen molar-refractivity contribution in [2.75, 3.05) is 0 Å². The van der Waals surface area contributed by atoms with Gasteiger partial charge >= 0.3 is 5.97 Å². The summed E-state index contributed by atoms with van der Waals surface area (Å²) in [5.74, 6) is -1.23. The van der Waals surface area contributed by atoms with Gasteiger partial charge < -0.3 is 10.1 Å². The number of carbonyl (C=O) groups is 1. The van der Waals surface area contributed by atoms with Gasteiger partial charge in [0.25, 0.3) is 0 Å². The predicted octanol–water partition coefficient (Wildman–Crippen LogP) is 1.77. The number of nitrogens with one attached hydrogen (secondary N) is 2. The Bertz CT molecular complexity index is 821. The summed E-state index contributed by atoms with van der Waals surface area (Å²) in [6.45, 7) is 0. The van der Waals surface area contributed by atoms with Gasteiger partial charge in [-0.3, -0.25) is 4.79 Å². The number of hydrogen-bond donors (Lipinski definition) is 2. The van der Waals surface area contributed by atoms with Crippen LogP contribution in [0.2, 0.25) is 0 Å². The van der Waals surface area contributed by atoms with Crippen LogP contribution in [0.15, 0.2) is 41.3 Å². The Morgan fingerprint density at radius 1 is 1.26 bits per heavy atom. The van der Waals surface area contributed by atoms with Crippen LogP contribution in [0.3, 0.4) is 0 Å². The Morgan fingerprint density at radius 3 is 2.68 bits per heavy atom. The van der Waals surface area contributed by atoms with E-state index in [1.807, 2.05) is 30.3 Å². The van der Waals surface area contributed by atoms with Crippen molar-refractivity contribution in [2.24, 2.45) is 0 Å². The lowest BCUT2D eigenvalue weighted by atomic mass is 10.1. The highest BCUT2D eigenvalue weighted by Crippen LogP contribution is 2.23. The molecule has 0 aliphatic carbocycles. The number of hydrogen-bond acceptors (Lipinski definition) is 3. The second-order valence-electron chi connectivity index (χ2n) is 3.99. The zero-order valence-electron chi connectivity index (χ0n) is 9.64. The number of fused-ring (bicyclic) bond motifs is 1. The fourth-order valence-electron chi connectivity index (χ4n) is 1.94. The molecule has 0 bridgehead atoms.